The van der Waals surface area contributed by atoms with Crippen LogP contribution >= 0.6 is 0 Å². The number of hydrogen-bond donors (Lipinski definition) is 1. The van der Waals surface area contributed by atoms with Gasteiger partial charge in [0.05, 0.1) is 12.6 Å². The highest BCUT2D eigenvalue weighted by Crippen LogP contribution is 2.25. The van der Waals surface area contributed by atoms with E-state index >= 15 is 0 Å². The van der Waals surface area contributed by atoms with Crippen molar-refractivity contribution in [3.8, 4) is 0 Å². The van der Waals surface area contributed by atoms with E-state index in [9.17, 15) is 13.2 Å². The smallest absolute Gasteiger partial charge is 0.326 e. The van der Waals surface area contributed by atoms with Gasteiger partial charge in [0, 0.05) is 18.4 Å². The molecule has 0 aromatic carbocycles. The van der Waals surface area contributed by atoms with E-state index in [-0.39, 0.29) is 0 Å². The molecule has 1 rings (SSSR count). The lowest BCUT2D eigenvalue weighted by Crippen LogP contribution is -2.41. The topological polar surface area (TPSA) is 42.1 Å². The molecule has 0 bridgehead atoms. The quantitative estimate of drug-likeness (QED) is 0.884. The molecule has 0 aliphatic carbocycles. The molecule has 0 aliphatic rings. The van der Waals surface area contributed by atoms with Gasteiger partial charge in [-0.1, -0.05) is 6.07 Å². The molecular formula is C11H16F3N3. The van der Waals surface area contributed by atoms with Gasteiger partial charge in [-0.05, 0) is 25.6 Å². The first kappa shape index (κ1) is 13.9. The van der Waals surface area contributed by atoms with Crippen LogP contribution in [0.1, 0.15) is 18.5 Å². The summed E-state index contributed by atoms with van der Waals surface area (Å²) in [6, 6.07) is 2.51. The Morgan fingerprint density at radius 1 is 1.47 bits per heavy atom. The number of halogens is 3. The molecule has 96 valence electrons. The lowest BCUT2D eigenvalue weighted by atomic mass is 10.0. The molecule has 2 unspecified atom stereocenters. The van der Waals surface area contributed by atoms with E-state index < -0.39 is 24.8 Å². The molecule has 0 radical (unpaired) electrons. The molecule has 2 N–H and O–H groups in total. The van der Waals surface area contributed by atoms with Gasteiger partial charge in [-0.2, -0.15) is 13.2 Å². The van der Waals surface area contributed by atoms with Crippen molar-refractivity contribution < 1.29 is 13.2 Å². The third kappa shape index (κ3) is 4.32. The molecular weight excluding hydrogens is 231 g/mol. The second kappa shape index (κ2) is 5.46. The molecule has 6 heteroatoms. The monoisotopic (exact) mass is 247 g/mol. The van der Waals surface area contributed by atoms with Gasteiger partial charge >= 0.3 is 6.18 Å². The Kier molecular flexibility index (Phi) is 4.47. The minimum absolute atomic E-state index is 0.411. The number of nitrogens with two attached hydrogens (primary N) is 1. The standard InChI is InChI=1S/C11H16F3N3/c1-8(15)10(9-4-3-5-16-6-9)17(2)7-11(12,13)14/h3-6,8,10H,7,15H2,1-2H3. The van der Waals surface area contributed by atoms with Crippen LogP contribution < -0.4 is 5.73 Å². The third-order valence-electron chi connectivity index (χ3n) is 2.43. The van der Waals surface area contributed by atoms with Crippen molar-refractivity contribution in [2.45, 2.75) is 25.2 Å². The first-order chi connectivity index (χ1) is 7.81. The summed E-state index contributed by atoms with van der Waals surface area (Å²) < 4.78 is 37.0. The maximum atomic E-state index is 12.3. The fourth-order valence-electron chi connectivity index (χ4n) is 1.89. The van der Waals surface area contributed by atoms with Gasteiger partial charge in [0.25, 0.3) is 0 Å². The van der Waals surface area contributed by atoms with Crippen LogP contribution in [0.15, 0.2) is 24.5 Å². The molecule has 3 nitrogen and oxygen atoms in total. The van der Waals surface area contributed by atoms with E-state index in [0.717, 1.165) is 0 Å². The number of rotatable bonds is 4. The Morgan fingerprint density at radius 2 is 2.12 bits per heavy atom. The number of aromatic nitrogens is 1. The van der Waals surface area contributed by atoms with Crippen molar-refractivity contribution >= 4 is 0 Å². The van der Waals surface area contributed by atoms with Crippen LogP contribution in [0.3, 0.4) is 0 Å². The highest BCUT2D eigenvalue weighted by atomic mass is 19.4. The second-order valence-electron chi connectivity index (χ2n) is 4.12. The highest BCUT2D eigenvalue weighted by Gasteiger charge is 2.33. The zero-order chi connectivity index (χ0) is 13.1. The van der Waals surface area contributed by atoms with Crippen molar-refractivity contribution in [1.29, 1.82) is 0 Å². The fourth-order valence-corrected chi connectivity index (χ4v) is 1.89. The van der Waals surface area contributed by atoms with Gasteiger partial charge in [-0.15, -0.1) is 0 Å². The molecule has 0 saturated heterocycles. The maximum Gasteiger partial charge on any atom is 0.401 e. The van der Waals surface area contributed by atoms with Crippen LogP contribution in [0.25, 0.3) is 0 Å². The van der Waals surface area contributed by atoms with Crippen molar-refractivity contribution in [3.05, 3.63) is 30.1 Å². The Hall–Kier alpha value is -1.14. The first-order valence-corrected chi connectivity index (χ1v) is 5.24. The van der Waals surface area contributed by atoms with Gasteiger partial charge in [0.1, 0.15) is 0 Å². The van der Waals surface area contributed by atoms with Crippen molar-refractivity contribution in [1.82, 2.24) is 9.88 Å². The molecule has 1 heterocycles. The molecule has 17 heavy (non-hydrogen) atoms. The summed E-state index contributed by atoms with van der Waals surface area (Å²) in [6.07, 6.45) is -1.11. The van der Waals surface area contributed by atoms with Crippen LogP contribution in [-0.4, -0.2) is 35.7 Å². The van der Waals surface area contributed by atoms with Crippen molar-refractivity contribution in [2.75, 3.05) is 13.6 Å². The Morgan fingerprint density at radius 3 is 2.53 bits per heavy atom. The summed E-state index contributed by atoms with van der Waals surface area (Å²) in [4.78, 5) is 5.10. The second-order valence-corrected chi connectivity index (χ2v) is 4.12. The molecule has 2 atom stereocenters. The van der Waals surface area contributed by atoms with Crippen LogP contribution in [0.2, 0.25) is 0 Å². The molecule has 0 saturated carbocycles. The van der Waals surface area contributed by atoms with Crippen molar-refractivity contribution in [2.24, 2.45) is 5.73 Å². The van der Waals surface area contributed by atoms with Gasteiger partial charge in [0.2, 0.25) is 0 Å². The zero-order valence-electron chi connectivity index (χ0n) is 9.78. The fraction of sp³-hybridized carbons (Fsp3) is 0.545. The van der Waals surface area contributed by atoms with Gasteiger partial charge < -0.3 is 5.73 Å². The van der Waals surface area contributed by atoms with E-state index in [4.69, 9.17) is 5.73 Å². The minimum atomic E-state index is -4.23. The summed E-state index contributed by atoms with van der Waals surface area (Å²) in [6.45, 7) is 0.693. The SMILES string of the molecule is CC(N)C(c1cccnc1)N(C)CC(F)(F)F. The first-order valence-electron chi connectivity index (χ1n) is 5.24. The zero-order valence-corrected chi connectivity index (χ0v) is 9.78. The lowest BCUT2D eigenvalue weighted by molar-refractivity contribution is -0.148. The largest absolute Gasteiger partial charge is 0.401 e. The Labute approximate surface area is 98.4 Å². The minimum Gasteiger partial charge on any atom is -0.326 e. The molecule has 0 aliphatic heterocycles. The number of pyridine rings is 1. The molecule has 0 fully saturated rings. The Bertz CT molecular complexity index is 338. The predicted molar refractivity (Wildman–Crippen MR) is 59.3 cm³/mol. The van der Waals surface area contributed by atoms with Gasteiger partial charge in [-0.25, -0.2) is 0 Å². The lowest BCUT2D eigenvalue weighted by Gasteiger charge is -2.31. The number of nitrogens with zero attached hydrogens (tertiary/aromatic N) is 2. The average Bonchev–Trinajstić information content (AvgIpc) is 2.15. The number of likely N-dealkylation sites (N-methyl/N-ethyl adjacent to an activating group) is 1. The average molecular weight is 247 g/mol. The third-order valence-corrected chi connectivity index (χ3v) is 2.43. The normalized spacial score (nSPS) is 15.9. The summed E-state index contributed by atoms with van der Waals surface area (Å²) >= 11 is 0. The summed E-state index contributed by atoms with van der Waals surface area (Å²) in [7, 11) is 1.41. The van der Waals surface area contributed by atoms with Gasteiger partial charge in [-0.3, -0.25) is 9.88 Å². The van der Waals surface area contributed by atoms with Crippen LogP contribution in [0.4, 0.5) is 13.2 Å². The van der Waals surface area contributed by atoms with Crippen LogP contribution in [-0.2, 0) is 0 Å². The predicted octanol–water partition coefficient (Wildman–Crippen LogP) is 1.96. The summed E-state index contributed by atoms with van der Waals surface area (Å²) in [5, 5.41) is 0. The molecule has 0 amide bonds. The van der Waals surface area contributed by atoms with E-state index in [2.05, 4.69) is 4.98 Å². The maximum absolute atomic E-state index is 12.3. The van der Waals surface area contributed by atoms with E-state index in [1.54, 1.807) is 31.5 Å². The van der Waals surface area contributed by atoms with E-state index in [1.807, 2.05) is 0 Å². The molecule has 1 aromatic heterocycles. The molecule has 1 aromatic rings. The Balaban J connectivity index is 2.87. The summed E-state index contributed by atoms with van der Waals surface area (Å²) in [5.41, 5.74) is 6.44. The van der Waals surface area contributed by atoms with Crippen LogP contribution in [0, 0.1) is 0 Å². The summed E-state index contributed by atoms with van der Waals surface area (Å²) in [5.74, 6) is 0. The van der Waals surface area contributed by atoms with Crippen LogP contribution in [0.5, 0.6) is 0 Å². The molecule has 0 spiro atoms. The van der Waals surface area contributed by atoms with Crippen molar-refractivity contribution in [3.63, 3.8) is 0 Å². The highest BCUT2D eigenvalue weighted by molar-refractivity contribution is 5.15. The number of hydrogen-bond acceptors (Lipinski definition) is 3. The van der Waals surface area contributed by atoms with Gasteiger partial charge in [0.15, 0.2) is 0 Å². The number of alkyl halides is 3. The van der Waals surface area contributed by atoms with E-state index in [1.165, 1.54) is 11.9 Å². The van der Waals surface area contributed by atoms with E-state index in [0.29, 0.717) is 5.56 Å².